The molecule has 0 saturated carbocycles. The first-order valence-corrected chi connectivity index (χ1v) is 4.00. The van der Waals surface area contributed by atoms with E-state index >= 15 is 0 Å². The van der Waals surface area contributed by atoms with Crippen LogP contribution >= 0.6 is 0 Å². The number of carbonyl (C=O) groups excluding carboxylic acids is 2. The number of hydrogen-bond acceptors (Lipinski definition) is 4. The Balaban J connectivity index is 3.63. The van der Waals surface area contributed by atoms with Gasteiger partial charge in [-0.3, -0.25) is 9.59 Å². The SMILES string of the molecule is CC(CC(N)=O)NCC(N)C(N)=O. The van der Waals surface area contributed by atoms with E-state index < -0.39 is 17.9 Å². The maximum Gasteiger partial charge on any atom is 0.235 e. The van der Waals surface area contributed by atoms with Crippen LogP contribution in [0.25, 0.3) is 0 Å². The standard InChI is InChI=1S/C7H16N4O2/c1-4(2-6(9)12)11-3-5(8)7(10)13/h4-5,11H,2-3,8H2,1H3,(H2,9,12)(H2,10,13). The van der Waals surface area contributed by atoms with Gasteiger partial charge >= 0.3 is 0 Å². The van der Waals surface area contributed by atoms with Gasteiger partial charge < -0.3 is 22.5 Å². The Morgan fingerprint density at radius 3 is 2.31 bits per heavy atom. The lowest BCUT2D eigenvalue weighted by Crippen LogP contribution is -2.46. The first-order chi connectivity index (χ1) is 5.93. The van der Waals surface area contributed by atoms with Gasteiger partial charge in [-0.2, -0.15) is 0 Å². The minimum absolute atomic E-state index is 0.0945. The highest BCUT2D eigenvalue weighted by Crippen LogP contribution is 1.88. The molecular formula is C7H16N4O2. The largest absolute Gasteiger partial charge is 0.370 e. The molecule has 0 aromatic rings. The van der Waals surface area contributed by atoms with E-state index in [9.17, 15) is 9.59 Å². The third kappa shape index (κ3) is 6.06. The molecule has 0 rings (SSSR count). The van der Waals surface area contributed by atoms with Crippen LogP contribution in [0.5, 0.6) is 0 Å². The average Bonchev–Trinajstić information content (AvgIpc) is 1.98. The Labute approximate surface area is 76.8 Å². The van der Waals surface area contributed by atoms with E-state index in [1.807, 2.05) is 0 Å². The predicted octanol–water partition coefficient (Wildman–Crippen LogP) is -2.35. The van der Waals surface area contributed by atoms with E-state index in [-0.39, 0.29) is 19.0 Å². The van der Waals surface area contributed by atoms with Crippen LogP contribution in [0, 0.1) is 0 Å². The average molecular weight is 188 g/mol. The molecule has 76 valence electrons. The van der Waals surface area contributed by atoms with Gasteiger partial charge in [0, 0.05) is 19.0 Å². The third-order valence-electron chi connectivity index (χ3n) is 1.56. The van der Waals surface area contributed by atoms with Crippen LogP contribution in [0.1, 0.15) is 13.3 Å². The Hall–Kier alpha value is -1.14. The summed E-state index contributed by atoms with van der Waals surface area (Å²) in [6.07, 6.45) is 0.214. The van der Waals surface area contributed by atoms with Crippen molar-refractivity contribution in [3.05, 3.63) is 0 Å². The number of hydrogen-bond donors (Lipinski definition) is 4. The molecule has 0 saturated heterocycles. The summed E-state index contributed by atoms with van der Waals surface area (Å²) in [5, 5.41) is 2.87. The van der Waals surface area contributed by atoms with E-state index in [2.05, 4.69) is 5.32 Å². The third-order valence-corrected chi connectivity index (χ3v) is 1.56. The lowest BCUT2D eigenvalue weighted by Gasteiger charge is -2.14. The highest BCUT2D eigenvalue weighted by Gasteiger charge is 2.11. The molecule has 6 heteroatoms. The molecule has 0 aromatic carbocycles. The normalized spacial score (nSPS) is 14.9. The molecule has 0 bridgehead atoms. The molecule has 6 nitrogen and oxygen atoms in total. The summed E-state index contributed by atoms with van der Waals surface area (Å²) in [5.74, 6) is -0.966. The van der Waals surface area contributed by atoms with E-state index in [1.165, 1.54) is 0 Å². The van der Waals surface area contributed by atoms with Gasteiger partial charge in [-0.1, -0.05) is 0 Å². The van der Waals surface area contributed by atoms with Crippen molar-refractivity contribution in [3.63, 3.8) is 0 Å². The second kappa shape index (κ2) is 5.50. The molecule has 13 heavy (non-hydrogen) atoms. The van der Waals surface area contributed by atoms with Crippen molar-refractivity contribution >= 4 is 11.8 Å². The molecule has 0 aromatic heterocycles. The minimum atomic E-state index is -0.727. The molecule has 0 aliphatic carbocycles. The zero-order valence-corrected chi connectivity index (χ0v) is 7.62. The maximum atomic E-state index is 10.5. The van der Waals surface area contributed by atoms with Gasteiger partial charge in [-0.05, 0) is 6.92 Å². The van der Waals surface area contributed by atoms with Crippen LogP contribution in [0.4, 0.5) is 0 Å². The molecule has 2 unspecified atom stereocenters. The van der Waals surface area contributed by atoms with Crippen LogP contribution in [-0.4, -0.2) is 30.4 Å². The van der Waals surface area contributed by atoms with Crippen molar-refractivity contribution in [1.82, 2.24) is 5.32 Å². The summed E-state index contributed by atoms with van der Waals surface area (Å²) >= 11 is 0. The fourth-order valence-electron chi connectivity index (χ4n) is 0.803. The Bertz CT molecular complexity index is 195. The molecular weight excluding hydrogens is 172 g/mol. The first-order valence-electron chi connectivity index (χ1n) is 4.00. The Morgan fingerprint density at radius 1 is 1.38 bits per heavy atom. The van der Waals surface area contributed by atoms with Crippen LogP contribution < -0.4 is 22.5 Å². The highest BCUT2D eigenvalue weighted by atomic mass is 16.1. The lowest BCUT2D eigenvalue weighted by atomic mass is 10.2. The molecule has 0 aliphatic rings. The van der Waals surface area contributed by atoms with Gasteiger partial charge in [-0.25, -0.2) is 0 Å². The number of primary amides is 2. The van der Waals surface area contributed by atoms with Crippen molar-refractivity contribution in [2.45, 2.75) is 25.4 Å². The van der Waals surface area contributed by atoms with Crippen LogP contribution in [0.2, 0.25) is 0 Å². The van der Waals surface area contributed by atoms with E-state index in [1.54, 1.807) is 6.92 Å². The van der Waals surface area contributed by atoms with Crippen LogP contribution in [0.15, 0.2) is 0 Å². The Morgan fingerprint density at radius 2 is 1.92 bits per heavy atom. The van der Waals surface area contributed by atoms with Gasteiger partial charge in [0.2, 0.25) is 11.8 Å². The van der Waals surface area contributed by atoms with Crippen molar-refractivity contribution in [2.75, 3.05) is 6.54 Å². The van der Waals surface area contributed by atoms with Gasteiger partial charge in [0.1, 0.15) is 0 Å². The van der Waals surface area contributed by atoms with E-state index in [0.717, 1.165) is 0 Å². The van der Waals surface area contributed by atoms with E-state index in [0.29, 0.717) is 0 Å². The smallest absolute Gasteiger partial charge is 0.235 e. The Kier molecular flexibility index (Phi) is 5.01. The molecule has 2 atom stereocenters. The second-order valence-electron chi connectivity index (χ2n) is 2.99. The van der Waals surface area contributed by atoms with Gasteiger partial charge in [0.05, 0.1) is 6.04 Å². The summed E-state index contributed by atoms with van der Waals surface area (Å²) in [6.45, 7) is 2.03. The monoisotopic (exact) mass is 188 g/mol. The summed E-state index contributed by atoms with van der Waals surface area (Å²) in [6, 6.07) is -0.821. The van der Waals surface area contributed by atoms with Crippen molar-refractivity contribution in [3.8, 4) is 0 Å². The van der Waals surface area contributed by atoms with Gasteiger partial charge in [0.25, 0.3) is 0 Å². The minimum Gasteiger partial charge on any atom is -0.370 e. The number of nitrogens with two attached hydrogens (primary N) is 3. The van der Waals surface area contributed by atoms with Gasteiger partial charge in [-0.15, -0.1) is 0 Å². The fourth-order valence-corrected chi connectivity index (χ4v) is 0.803. The molecule has 7 N–H and O–H groups in total. The predicted molar refractivity (Wildman–Crippen MR) is 48.4 cm³/mol. The number of carbonyl (C=O) groups is 2. The van der Waals surface area contributed by atoms with Crippen LogP contribution in [-0.2, 0) is 9.59 Å². The van der Waals surface area contributed by atoms with Crippen LogP contribution in [0.3, 0.4) is 0 Å². The second-order valence-corrected chi connectivity index (χ2v) is 2.99. The lowest BCUT2D eigenvalue weighted by molar-refractivity contribution is -0.119. The zero-order chi connectivity index (χ0) is 10.4. The topological polar surface area (TPSA) is 124 Å². The summed E-state index contributed by atoms with van der Waals surface area (Å²) in [7, 11) is 0. The molecule has 0 fully saturated rings. The fraction of sp³-hybridized carbons (Fsp3) is 0.714. The number of nitrogens with one attached hydrogen (secondary N) is 1. The maximum absolute atomic E-state index is 10.5. The van der Waals surface area contributed by atoms with Crippen molar-refractivity contribution < 1.29 is 9.59 Å². The molecule has 0 aliphatic heterocycles. The van der Waals surface area contributed by atoms with Crippen molar-refractivity contribution in [1.29, 1.82) is 0 Å². The van der Waals surface area contributed by atoms with Crippen molar-refractivity contribution in [2.24, 2.45) is 17.2 Å². The molecule has 2 amide bonds. The summed E-state index contributed by atoms with van der Waals surface area (Å²) < 4.78 is 0. The molecule has 0 heterocycles. The van der Waals surface area contributed by atoms with Gasteiger partial charge in [0.15, 0.2) is 0 Å². The molecule has 0 spiro atoms. The summed E-state index contributed by atoms with van der Waals surface area (Å²) in [4.78, 5) is 20.9. The quantitative estimate of drug-likeness (QED) is 0.372. The zero-order valence-electron chi connectivity index (χ0n) is 7.62. The summed E-state index contributed by atoms with van der Waals surface area (Å²) in [5.41, 5.74) is 15.2. The highest BCUT2D eigenvalue weighted by molar-refractivity contribution is 5.79. The number of amides is 2. The van der Waals surface area contributed by atoms with E-state index in [4.69, 9.17) is 17.2 Å². The molecule has 0 radical (unpaired) electrons. The first kappa shape index (κ1) is 11.9. The number of rotatable bonds is 6.